The van der Waals surface area contributed by atoms with Crippen molar-refractivity contribution in [2.75, 3.05) is 0 Å². The molecule has 0 saturated carbocycles. The molecule has 2 aromatic heterocycles. The second-order valence-electron chi connectivity index (χ2n) is 4.18. The Bertz CT molecular complexity index is 503. The molecule has 0 aromatic carbocycles. The van der Waals surface area contributed by atoms with Crippen molar-refractivity contribution in [1.82, 2.24) is 10.3 Å². The van der Waals surface area contributed by atoms with Crippen LogP contribution in [0.4, 0.5) is 0 Å². The molecule has 0 amide bonds. The predicted octanol–water partition coefficient (Wildman–Crippen LogP) is 4.07. The topological polar surface area (TPSA) is 24.9 Å². The second-order valence-corrected chi connectivity index (χ2v) is 6.38. The largest absolute Gasteiger partial charge is 0.306 e. The summed E-state index contributed by atoms with van der Waals surface area (Å²) in [5.74, 6) is 0. The molecule has 0 bridgehead atoms. The van der Waals surface area contributed by atoms with Crippen LogP contribution in [-0.2, 0) is 19.5 Å². The summed E-state index contributed by atoms with van der Waals surface area (Å²) in [6.07, 6.45) is 2.90. The van der Waals surface area contributed by atoms with Gasteiger partial charge in [-0.15, -0.1) is 11.3 Å². The van der Waals surface area contributed by atoms with Gasteiger partial charge in [-0.1, -0.05) is 13.0 Å². The lowest BCUT2D eigenvalue weighted by atomic mass is 10.1. The Hall–Kier alpha value is -0.710. The summed E-state index contributed by atoms with van der Waals surface area (Å²) in [5.41, 5.74) is 2.49. The van der Waals surface area contributed by atoms with E-state index in [-0.39, 0.29) is 0 Å². The molecule has 0 spiro atoms. The molecule has 0 aliphatic carbocycles. The molecule has 0 saturated heterocycles. The molecule has 0 unspecified atom stereocenters. The minimum atomic E-state index is 0.832. The first-order valence-corrected chi connectivity index (χ1v) is 7.70. The van der Waals surface area contributed by atoms with Crippen molar-refractivity contribution in [1.29, 1.82) is 0 Å². The lowest BCUT2D eigenvalue weighted by Crippen LogP contribution is -2.14. The van der Waals surface area contributed by atoms with Gasteiger partial charge >= 0.3 is 0 Å². The van der Waals surface area contributed by atoms with Crippen LogP contribution in [0.2, 0.25) is 0 Å². The summed E-state index contributed by atoms with van der Waals surface area (Å²) < 4.78 is 1.20. The van der Waals surface area contributed by atoms with Crippen LogP contribution < -0.4 is 5.32 Å². The summed E-state index contributed by atoms with van der Waals surface area (Å²) in [6, 6.07) is 6.34. The molecule has 0 aliphatic heterocycles. The van der Waals surface area contributed by atoms with Gasteiger partial charge in [0.1, 0.15) is 0 Å². The Morgan fingerprint density at radius 1 is 1.39 bits per heavy atom. The zero-order chi connectivity index (χ0) is 13.0. The first-order valence-electron chi connectivity index (χ1n) is 6.09. The standard InChI is InChI=1S/C14H17BrN2S/c1-3-11-5-4-6-17-14(11)9-16-8-12-7-13(15)10(2)18-12/h4-7,16H,3,8-9H2,1-2H3. The highest BCUT2D eigenvalue weighted by atomic mass is 79.9. The Kier molecular flexibility index (Phi) is 4.92. The summed E-state index contributed by atoms with van der Waals surface area (Å²) in [7, 11) is 0. The number of aromatic nitrogens is 1. The van der Waals surface area contributed by atoms with Crippen molar-refractivity contribution in [2.45, 2.75) is 33.4 Å². The van der Waals surface area contributed by atoms with Gasteiger partial charge in [0.2, 0.25) is 0 Å². The molecule has 0 fully saturated rings. The van der Waals surface area contributed by atoms with Crippen LogP contribution in [0.5, 0.6) is 0 Å². The number of halogens is 1. The van der Waals surface area contributed by atoms with Crippen LogP contribution in [0.1, 0.15) is 27.9 Å². The highest BCUT2D eigenvalue weighted by molar-refractivity contribution is 9.10. The lowest BCUT2D eigenvalue weighted by Gasteiger charge is -2.07. The van der Waals surface area contributed by atoms with Gasteiger partial charge in [-0.3, -0.25) is 4.98 Å². The van der Waals surface area contributed by atoms with Gasteiger partial charge in [-0.25, -0.2) is 0 Å². The molecular weight excluding hydrogens is 308 g/mol. The van der Waals surface area contributed by atoms with E-state index < -0.39 is 0 Å². The smallest absolute Gasteiger partial charge is 0.0573 e. The molecule has 4 heteroatoms. The number of hydrogen-bond donors (Lipinski definition) is 1. The van der Waals surface area contributed by atoms with E-state index in [0.717, 1.165) is 25.2 Å². The minimum absolute atomic E-state index is 0.832. The van der Waals surface area contributed by atoms with Gasteiger partial charge in [0.25, 0.3) is 0 Å². The van der Waals surface area contributed by atoms with Crippen molar-refractivity contribution < 1.29 is 0 Å². The highest BCUT2D eigenvalue weighted by Crippen LogP contribution is 2.26. The van der Waals surface area contributed by atoms with E-state index in [4.69, 9.17) is 0 Å². The maximum Gasteiger partial charge on any atom is 0.0573 e. The average molecular weight is 325 g/mol. The highest BCUT2D eigenvalue weighted by Gasteiger charge is 2.04. The molecule has 2 rings (SSSR count). The molecule has 0 atom stereocenters. The first kappa shape index (κ1) is 13.7. The van der Waals surface area contributed by atoms with Crippen LogP contribution in [0.15, 0.2) is 28.9 Å². The maximum atomic E-state index is 4.44. The van der Waals surface area contributed by atoms with E-state index in [9.17, 15) is 0 Å². The molecule has 2 nitrogen and oxygen atoms in total. The summed E-state index contributed by atoms with van der Waals surface area (Å²) in [5, 5.41) is 3.46. The Balaban J connectivity index is 1.92. The second kappa shape index (κ2) is 6.45. The van der Waals surface area contributed by atoms with Crippen LogP contribution >= 0.6 is 27.3 Å². The summed E-state index contributed by atoms with van der Waals surface area (Å²) in [6.45, 7) is 6.03. The maximum absolute atomic E-state index is 4.44. The predicted molar refractivity (Wildman–Crippen MR) is 80.9 cm³/mol. The molecule has 0 aliphatic rings. The van der Waals surface area contributed by atoms with E-state index in [1.807, 2.05) is 23.6 Å². The van der Waals surface area contributed by atoms with Crippen molar-refractivity contribution in [3.8, 4) is 0 Å². The van der Waals surface area contributed by atoms with E-state index in [1.54, 1.807) is 0 Å². The van der Waals surface area contributed by atoms with Crippen LogP contribution in [0, 0.1) is 6.92 Å². The third kappa shape index (κ3) is 3.40. The zero-order valence-corrected chi connectivity index (χ0v) is 13.1. The number of pyridine rings is 1. The van der Waals surface area contributed by atoms with Crippen LogP contribution in [0.3, 0.4) is 0 Å². The third-order valence-corrected chi connectivity index (χ3v) is 5.00. The monoisotopic (exact) mass is 324 g/mol. The van der Waals surface area contributed by atoms with E-state index in [2.05, 4.69) is 52.2 Å². The number of hydrogen-bond acceptors (Lipinski definition) is 3. The van der Waals surface area contributed by atoms with Gasteiger partial charge < -0.3 is 5.32 Å². The number of nitrogens with one attached hydrogen (secondary N) is 1. The van der Waals surface area contributed by atoms with Crippen molar-refractivity contribution in [3.63, 3.8) is 0 Å². The van der Waals surface area contributed by atoms with Gasteiger partial charge in [0.05, 0.1) is 5.69 Å². The normalized spacial score (nSPS) is 10.8. The molecule has 2 aromatic rings. The Labute approximate surface area is 121 Å². The molecule has 96 valence electrons. The first-order chi connectivity index (χ1) is 8.70. The lowest BCUT2D eigenvalue weighted by molar-refractivity contribution is 0.680. The van der Waals surface area contributed by atoms with Crippen LogP contribution in [-0.4, -0.2) is 4.98 Å². The summed E-state index contributed by atoms with van der Waals surface area (Å²) >= 11 is 5.38. The van der Waals surface area contributed by atoms with Crippen molar-refractivity contribution >= 4 is 27.3 Å². The zero-order valence-electron chi connectivity index (χ0n) is 10.7. The van der Waals surface area contributed by atoms with Crippen molar-refractivity contribution in [2.24, 2.45) is 0 Å². The van der Waals surface area contributed by atoms with Gasteiger partial charge in [-0.2, -0.15) is 0 Å². The van der Waals surface area contributed by atoms with Gasteiger partial charge in [-0.05, 0) is 47.0 Å². The Morgan fingerprint density at radius 3 is 2.89 bits per heavy atom. The van der Waals surface area contributed by atoms with Gasteiger partial charge in [0.15, 0.2) is 0 Å². The van der Waals surface area contributed by atoms with Gasteiger partial charge in [0, 0.05) is 33.5 Å². The fourth-order valence-electron chi connectivity index (χ4n) is 1.86. The summed E-state index contributed by atoms with van der Waals surface area (Å²) in [4.78, 5) is 7.12. The minimum Gasteiger partial charge on any atom is -0.306 e. The van der Waals surface area contributed by atoms with Crippen LogP contribution in [0.25, 0.3) is 0 Å². The number of nitrogens with zero attached hydrogens (tertiary/aromatic N) is 1. The molecule has 1 N–H and O–H groups in total. The SMILES string of the molecule is CCc1cccnc1CNCc1cc(Br)c(C)s1. The third-order valence-electron chi connectivity index (χ3n) is 2.87. The molecule has 0 radical (unpaired) electrons. The number of aryl methyl sites for hydroxylation is 2. The Morgan fingerprint density at radius 2 is 2.22 bits per heavy atom. The number of rotatable bonds is 5. The number of thiophene rings is 1. The van der Waals surface area contributed by atoms with E-state index >= 15 is 0 Å². The quantitative estimate of drug-likeness (QED) is 0.896. The van der Waals surface area contributed by atoms with E-state index in [1.165, 1.54) is 19.8 Å². The van der Waals surface area contributed by atoms with Crippen molar-refractivity contribution in [3.05, 3.63) is 49.9 Å². The molecule has 2 heterocycles. The fraction of sp³-hybridized carbons (Fsp3) is 0.357. The molecule has 18 heavy (non-hydrogen) atoms. The molecular formula is C14H17BrN2S. The van der Waals surface area contributed by atoms with E-state index in [0.29, 0.717) is 0 Å². The fourth-order valence-corrected chi connectivity index (χ4v) is 3.43. The average Bonchev–Trinajstić information content (AvgIpc) is 2.69.